The number of fused-ring (bicyclic) bond motifs is 2. The summed E-state index contributed by atoms with van der Waals surface area (Å²) in [6.45, 7) is 9.54. The second kappa shape index (κ2) is 8.68. The highest BCUT2D eigenvalue weighted by atomic mass is 16.5. The van der Waals surface area contributed by atoms with Crippen molar-refractivity contribution in [2.75, 3.05) is 38.1 Å². The first-order chi connectivity index (χ1) is 15.9. The number of benzene rings is 2. The second-order valence-electron chi connectivity index (χ2n) is 9.35. The lowest BCUT2D eigenvalue weighted by Gasteiger charge is -2.34. The lowest BCUT2D eigenvalue weighted by Crippen LogP contribution is -2.44. The average molecular weight is 450 g/mol. The Morgan fingerprint density at radius 3 is 2.64 bits per heavy atom. The van der Waals surface area contributed by atoms with Crippen LogP contribution in [-0.2, 0) is 24.4 Å². The van der Waals surface area contributed by atoms with E-state index in [0.29, 0.717) is 30.8 Å². The standard InChI is InChI=1S/C25H31N5O3/c1-16(2)33-15-23-20-11-21(24(31)12-22(20)26-27-23)25(32)30-13-17-4-5-19(10-18(17)14-30)29-8-6-28(3)7-9-29/h4-5,10-12,16,31H,6-9,13-15H2,1-3H3,(H,26,27). The zero-order chi connectivity index (χ0) is 23.1. The fraction of sp³-hybridized carbons (Fsp3) is 0.440. The largest absolute Gasteiger partial charge is 0.507 e. The molecule has 0 bridgehead atoms. The number of aromatic nitrogens is 2. The molecule has 3 aromatic rings. The monoisotopic (exact) mass is 449 g/mol. The lowest BCUT2D eigenvalue weighted by molar-refractivity contribution is 0.0642. The second-order valence-corrected chi connectivity index (χ2v) is 9.35. The van der Waals surface area contributed by atoms with E-state index >= 15 is 0 Å². The van der Waals surface area contributed by atoms with E-state index in [-0.39, 0.29) is 17.8 Å². The number of H-pyrrole nitrogens is 1. The summed E-state index contributed by atoms with van der Waals surface area (Å²) in [5.41, 5.74) is 5.27. The molecule has 2 aliphatic rings. The molecule has 0 unspecified atom stereocenters. The normalized spacial score (nSPS) is 16.7. The smallest absolute Gasteiger partial charge is 0.258 e. The van der Waals surface area contributed by atoms with Gasteiger partial charge in [-0.25, -0.2) is 0 Å². The zero-order valence-electron chi connectivity index (χ0n) is 19.5. The van der Waals surface area contributed by atoms with Gasteiger partial charge in [0.05, 0.1) is 29.5 Å². The Balaban J connectivity index is 1.35. The fourth-order valence-electron chi connectivity index (χ4n) is 4.59. The Morgan fingerprint density at radius 1 is 1.12 bits per heavy atom. The van der Waals surface area contributed by atoms with Gasteiger partial charge in [0.15, 0.2) is 0 Å². The van der Waals surface area contributed by atoms with E-state index in [1.54, 1.807) is 17.0 Å². The molecule has 3 heterocycles. The minimum absolute atomic E-state index is 0.0515. The van der Waals surface area contributed by atoms with E-state index in [1.165, 1.54) is 11.3 Å². The Kier molecular flexibility index (Phi) is 5.72. The first kappa shape index (κ1) is 21.7. The molecule has 0 radical (unpaired) electrons. The lowest BCUT2D eigenvalue weighted by atomic mass is 10.1. The zero-order valence-corrected chi connectivity index (χ0v) is 19.5. The molecule has 1 aromatic heterocycles. The van der Waals surface area contributed by atoms with Crippen LogP contribution in [0.3, 0.4) is 0 Å². The number of hydrogen-bond donors (Lipinski definition) is 2. The third-order valence-corrected chi connectivity index (χ3v) is 6.61. The third-order valence-electron chi connectivity index (χ3n) is 6.61. The Labute approximate surface area is 193 Å². The van der Waals surface area contributed by atoms with Gasteiger partial charge in [0.2, 0.25) is 0 Å². The van der Waals surface area contributed by atoms with Crippen LogP contribution in [0.1, 0.15) is 41.0 Å². The predicted octanol–water partition coefficient (Wildman–Crippen LogP) is 3.10. The van der Waals surface area contributed by atoms with Gasteiger partial charge < -0.3 is 24.5 Å². The molecule has 0 saturated carbocycles. The predicted molar refractivity (Wildman–Crippen MR) is 127 cm³/mol. The third kappa shape index (κ3) is 4.28. The maximum Gasteiger partial charge on any atom is 0.258 e. The number of likely N-dealkylation sites (N-methyl/N-ethyl adjacent to an activating group) is 1. The van der Waals surface area contributed by atoms with Crippen LogP contribution in [-0.4, -0.2) is 70.3 Å². The summed E-state index contributed by atoms with van der Waals surface area (Å²) in [5.74, 6) is -0.229. The molecule has 1 fully saturated rings. The average Bonchev–Trinajstić information content (AvgIpc) is 3.40. The Hall–Kier alpha value is -3.10. The number of hydrogen-bond acceptors (Lipinski definition) is 6. The van der Waals surface area contributed by atoms with Crippen molar-refractivity contribution in [3.63, 3.8) is 0 Å². The van der Waals surface area contributed by atoms with Crippen LogP contribution in [0.4, 0.5) is 5.69 Å². The van der Waals surface area contributed by atoms with Gasteiger partial charge >= 0.3 is 0 Å². The summed E-state index contributed by atoms with van der Waals surface area (Å²) in [4.78, 5) is 19.9. The van der Waals surface area contributed by atoms with Crippen molar-refractivity contribution in [2.45, 2.75) is 39.6 Å². The van der Waals surface area contributed by atoms with E-state index in [1.807, 2.05) is 13.8 Å². The van der Waals surface area contributed by atoms with E-state index in [4.69, 9.17) is 4.74 Å². The first-order valence-electron chi connectivity index (χ1n) is 11.5. The number of phenolic OH excluding ortho intramolecular Hbond substituents is 1. The van der Waals surface area contributed by atoms with E-state index in [2.05, 4.69) is 45.2 Å². The molecule has 8 nitrogen and oxygen atoms in total. The number of nitrogens with one attached hydrogen (secondary N) is 1. The molecule has 0 atom stereocenters. The summed E-state index contributed by atoms with van der Waals surface area (Å²) in [5, 5.41) is 18.6. The molecule has 33 heavy (non-hydrogen) atoms. The number of anilines is 1. The van der Waals surface area contributed by atoms with E-state index in [0.717, 1.165) is 42.8 Å². The number of aromatic hydroxyl groups is 1. The fourth-order valence-corrected chi connectivity index (χ4v) is 4.59. The van der Waals surface area contributed by atoms with Crippen molar-refractivity contribution in [3.05, 3.63) is 52.7 Å². The Bertz CT molecular complexity index is 1180. The quantitative estimate of drug-likeness (QED) is 0.623. The summed E-state index contributed by atoms with van der Waals surface area (Å²) < 4.78 is 5.70. The van der Waals surface area contributed by atoms with Crippen LogP contribution < -0.4 is 4.90 Å². The SMILES string of the molecule is CC(C)OCc1[nH]nc2cc(O)c(C(=O)N3Cc4ccc(N5CCN(C)CC5)cc4C3)cc12. The van der Waals surface area contributed by atoms with Crippen molar-refractivity contribution < 1.29 is 14.6 Å². The highest BCUT2D eigenvalue weighted by molar-refractivity contribution is 6.01. The number of phenols is 1. The number of carbonyl (C=O) groups is 1. The number of aromatic amines is 1. The molecule has 5 rings (SSSR count). The highest BCUT2D eigenvalue weighted by Gasteiger charge is 2.28. The van der Waals surface area contributed by atoms with Crippen LogP contribution in [0.15, 0.2) is 30.3 Å². The Morgan fingerprint density at radius 2 is 1.88 bits per heavy atom. The summed E-state index contributed by atoms with van der Waals surface area (Å²) >= 11 is 0. The molecule has 0 spiro atoms. The van der Waals surface area contributed by atoms with Gasteiger partial charge in [-0.2, -0.15) is 5.10 Å². The summed E-state index contributed by atoms with van der Waals surface area (Å²) in [7, 11) is 2.15. The molecule has 2 N–H and O–H groups in total. The van der Waals surface area contributed by atoms with Crippen molar-refractivity contribution in [1.82, 2.24) is 20.0 Å². The van der Waals surface area contributed by atoms with Crippen LogP contribution in [0.5, 0.6) is 5.75 Å². The minimum Gasteiger partial charge on any atom is -0.507 e. The van der Waals surface area contributed by atoms with Crippen molar-refractivity contribution in [2.24, 2.45) is 0 Å². The van der Waals surface area contributed by atoms with Gasteiger partial charge in [-0.05, 0) is 50.2 Å². The number of carbonyl (C=O) groups excluding carboxylic acids is 1. The topological polar surface area (TPSA) is 84.9 Å². The van der Waals surface area contributed by atoms with E-state index < -0.39 is 0 Å². The van der Waals surface area contributed by atoms with Gasteiger partial charge in [-0.1, -0.05) is 6.07 Å². The van der Waals surface area contributed by atoms with Gasteiger partial charge in [0, 0.05) is 56.4 Å². The molecular formula is C25H31N5O3. The summed E-state index contributed by atoms with van der Waals surface area (Å²) in [6.07, 6.45) is 0.0837. The summed E-state index contributed by atoms with van der Waals surface area (Å²) in [6, 6.07) is 9.79. The van der Waals surface area contributed by atoms with Gasteiger partial charge in [0.1, 0.15) is 5.75 Å². The molecule has 1 amide bonds. The number of rotatable bonds is 5. The molecule has 174 valence electrons. The number of piperazine rings is 1. The highest BCUT2D eigenvalue weighted by Crippen LogP contribution is 2.32. The number of ether oxygens (including phenoxy) is 1. The van der Waals surface area contributed by atoms with Crippen LogP contribution in [0, 0.1) is 0 Å². The number of amides is 1. The molecule has 1 saturated heterocycles. The number of nitrogens with zero attached hydrogens (tertiary/aromatic N) is 4. The van der Waals surface area contributed by atoms with Crippen molar-refractivity contribution in [1.29, 1.82) is 0 Å². The first-order valence-corrected chi connectivity index (χ1v) is 11.5. The van der Waals surface area contributed by atoms with Crippen LogP contribution in [0.25, 0.3) is 10.9 Å². The van der Waals surface area contributed by atoms with Gasteiger partial charge in [-0.3, -0.25) is 9.89 Å². The van der Waals surface area contributed by atoms with Crippen molar-refractivity contribution in [3.8, 4) is 5.75 Å². The van der Waals surface area contributed by atoms with Crippen LogP contribution >= 0.6 is 0 Å². The molecule has 0 aliphatic carbocycles. The molecule has 2 aromatic carbocycles. The molecular weight excluding hydrogens is 418 g/mol. The maximum absolute atomic E-state index is 13.4. The molecule has 8 heteroatoms. The van der Waals surface area contributed by atoms with Crippen LogP contribution in [0.2, 0.25) is 0 Å². The molecule has 2 aliphatic heterocycles. The minimum atomic E-state index is -0.177. The van der Waals surface area contributed by atoms with Gasteiger partial charge in [0.25, 0.3) is 5.91 Å². The maximum atomic E-state index is 13.4. The van der Waals surface area contributed by atoms with Crippen molar-refractivity contribution >= 4 is 22.5 Å². The van der Waals surface area contributed by atoms with E-state index in [9.17, 15) is 9.90 Å². The van der Waals surface area contributed by atoms with Gasteiger partial charge in [-0.15, -0.1) is 0 Å².